The van der Waals surface area contributed by atoms with E-state index < -0.39 is 23.1 Å². The van der Waals surface area contributed by atoms with Crippen LogP contribution in [0.1, 0.15) is 26.3 Å². The van der Waals surface area contributed by atoms with Crippen LogP contribution in [0.25, 0.3) is 0 Å². The van der Waals surface area contributed by atoms with Gasteiger partial charge in [0, 0.05) is 5.56 Å². The van der Waals surface area contributed by atoms with Gasteiger partial charge >= 0.3 is 5.97 Å². The van der Waals surface area contributed by atoms with Gasteiger partial charge < -0.3 is 14.6 Å². The predicted molar refractivity (Wildman–Crippen MR) is 64.1 cm³/mol. The first-order valence-electron chi connectivity index (χ1n) is 5.64. The minimum Gasteiger partial charge on any atom is -0.505 e. The van der Waals surface area contributed by atoms with E-state index in [1.54, 1.807) is 6.92 Å². The summed E-state index contributed by atoms with van der Waals surface area (Å²) in [4.78, 5) is 11.6. The third-order valence-corrected chi connectivity index (χ3v) is 2.45. The zero-order valence-electron chi connectivity index (χ0n) is 10.9. The molecule has 1 rings (SSSR count). The van der Waals surface area contributed by atoms with Crippen LogP contribution < -0.4 is 4.74 Å². The molecular formula is C13H17FO4. The van der Waals surface area contributed by atoms with Gasteiger partial charge in [-0.05, 0) is 39.8 Å². The summed E-state index contributed by atoms with van der Waals surface area (Å²) in [6, 6.07) is 2.59. The number of phenolic OH excluding ortho intramolecular Hbond substituents is 1. The number of halogens is 1. The smallest absolute Gasteiger partial charge is 0.349 e. The first-order valence-corrected chi connectivity index (χ1v) is 5.64. The van der Waals surface area contributed by atoms with Crippen molar-refractivity contribution >= 4 is 5.97 Å². The average molecular weight is 256 g/mol. The molecule has 18 heavy (non-hydrogen) atoms. The van der Waals surface area contributed by atoms with Crippen LogP contribution in [-0.4, -0.2) is 23.3 Å². The van der Waals surface area contributed by atoms with Gasteiger partial charge in [-0.3, -0.25) is 0 Å². The lowest BCUT2D eigenvalue weighted by Crippen LogP contribution is -2.40. The number of esters is 1. The lowest BCUT2D eigenvalue weighted by molar-refractivity contribution is -0.158. The highest BCUT2D eigenvalue weighted by Gasteiger charge is 2.32. The minimum atomic E-state index is -1.22. The van der Waals surface area contributed by atoms with Crippen LogP contribution >= 0.6 is 0 Å². The van der Waals surface area contributed by atoms with Crippen molar-refractivity contribution in [2.24, 2.45) is 0 Å². The molecule has 0 aliphatic carbocycles. The van der Waals surface area contributed by atoms with E-state index in [2.05, 4.69) is 0 Å². The third kappa shape index (κ3) is 2.91. The molecule has 0 bridgehead atoms. The van der Waals surface area contributed by atoms with Crippen LogP contribution in [0.15, 0.2) is 12.1 Å². The fourth-order valence-electron chi connectivity index (χ4n) is 1.39. The van der Waals surface area contributed by atoms with Gasteiger partial charge in [-0.2, -0.15) is 0 Å². The van der Waals surface area contributed by atoms with Gasteiger partial charge in [0.1, 0.15) is 5.75 Å². The van der Waals surface area contributed by atoms with Gasteiger partial charge in [0.2, 0.25) is 0 Å². The number of hydrogen-bond acceptors (Lipinski definition) is 4. The zero-order valence-corrected chi connectivity index (χ0v) is 10.9. The van der Waals surface area contributed by atoms with Crippen molar-refractivity contribution in [2.75, 3.05) is 6.61 Å². The molecule has 0 amide bonds. The summed E-state index contributed by atoms with van der Waals surface area (Å²) in [5.41, 5.74) is -1.07. The lowest BCUT2D eigenvalue weighted by Gasteiger charge is -2.25. The standard InChI is InChI=1S/C13H17FO4/c1-5-17-12(16)13(3,4)18-10-7-6-9(15)11(14)8(10)2/h6-7,15H,5H2,1-4H3. The van der Waals surface area contributed by atoms with E-state index in [-0.39, 0.29) is 17.9 Å². The molecule has 0 saturated carbocycles. The fraction of sp³-hybridized carbons (Fsp3) is 0.462. The van der Waals surface area contributed by atoms with Crippen molar-refractivity contribution < 1.29 is 23.8 Å². The first-order chi connectivity index (χ1) is 8.29. The number of aromatic hydroxyl groups is 1. The van der Waals surface area contributed by atoms with Crippen molar-refractivity contribution in [3.8, 4) is 11.5 Å². The summed E-state index contributed by atoms with van der Waals surface area (Å²) in [7, 11) is 0. The Balaban J connectivity index is 2.97. The third-order valence-electron chi connectivity index (χ3n) is 2.45. The highest BCUT2D eigenvalue weighted by Crippen LogP contribution is 2.30. The molecule has 0 heterocycles. The van der Waals surface area contributed by atoms with Gasteiger partial charge in [0.15, 0.2) is 17.2 Å². The summed E-state index contributed by atoms with van der Waals surface area (Å²) >= 11 is 0. The van der Waals surface area contributed by atoms with E-state index in [1.807, 2.05) is 0 Å². The largest absolute Gasteiger partial charge is 0.505 e. The van der Waals surface area contributed by atoms with E-state index in [0.29, 0.717) is 0 Å². The Morgan fingerprint density at radius 1 is 1.44 bits per heavy atom. The molecule has 0 atom stereocenters. The molecule has 0 fully saturated rings. The lowest BCUT2D eigenvalue weighted by atomic mass is 10.1. The molecule has 1 aromatic rings. The van der Waals surface area contributed by atoms with Crippen molar-refractivity contribution in [1.29, 1.82) is 0 Å². The number of carbonyl (C=O) groups excluding carboxylic acids is 1. The first kappa shape index (κ1) is 14.3. The molecule has 4 nitrogen and oxygen atoms in total. The number of phenols is 1. The van der Waals surface area contributed by atoms with Gasteiger partial charge in [-0.1, -0.05) is 0 Å². The summed E-state index contributed by atoms with van der Waals surface area (Å²) in [6.45, 7) is 6.48. The van der Waals surface area contributed by atoms with Gasteiger partial charge in [0.25, 0.3) is 0 Å². The molecule has 0 unspecified atom stereocenters. The van der Waals surface area contributed by atoms with Crippen molar-refractivity contribution in [3.05, 3.63) is 23.5 Å². The number of rotatable bonds is 4. The van der Waals surface area contributed by atoms with Gasteiger partial charge in [0.05, 0.1) is 6.61 Å². The molecule has 1 aromatic carbocycles. The number of benzene rings is 1. The average Bonchev–Trinajstić information content (AvgIpc) is 2.30. The highest BCUT2D eigenvalue weighted by atomic mass is 19.1. The summed E-state index contributed by atoms with van der Waals surface area (Å²) in [5, 5.41) is 9.19. The summed E-state index contributed by atoms with van der Waals surface area (Å²) in [5.74, 6) is -1.54. The zero-order chi connectivity index (χ0) is 13.9. The van der Waals surface area contributed by atoms with E-state index in [1.165, 1.54) is 32.9 Å². The number of ether oxygens (including phenoxy) is 2. The summed E-state index contributed by atoms with van der Waals surface area (Å²) in [6.07, 6.45) is 0. The second-order valence-corrected chi connectivity index (χ2v) is 4.35. The molecule has 100 valence electrons. The van der Waals surface area contributed by atoms with Crippen molar-refractivity contribution in [2.45, 2.75) is 33.3 Å². The van der Waals surface area contributed by atoms with Crippen molar-refractivity contribution in [1.82, 2.24) is 0 Å². The molecular weight excluding hydrogens is 239 g/mol. The fourth-order valence-corrected chi connectivity index (χ4v) is 1.39. The van der Waals surface area contributed by atoms with E-state index in [9.17, 15) is 14.3 Å². The van der Waals surface area contributed by atoms with Crippen LogP contribution in [-0.2, 0) is 9.53 Å². The molecule has 0 aromatic heterocycles. The Hall–Kier alpha value is -1.78. The van der Waals surface area contributed by atoms with Crippen LogP contribution in [0.4, 0.5) is 4.39 Å². The molecule has 5 heteroatoms. The Bertz CT molecular complexity index is 455. The Kier molecular flexibility index (Phi) is 4.16. The van der Waals surface area contributed by atoms with Gasteiger partial charge in [-0.25, -0.2) is 9.18 Å². The van der Waals surface area contributed by atoms with Crippen molar-refractivity contribution in [3.63, 3.8) is 0 Å². The van der Waals surface area contributed by atoms with E-state index >= 15 is 0 Å². The second-order valence-electron chi connectivity index (χ2n) is 4.35. The normalized spacial score (nSPS) is 11.2. The minimum absolute atomic E-state index is 0.146. The number of carbonyl (C=O) groups is 1. The molecule has 1 N–H and O–H groups in total. The predicted octanol–water partition coefficient (Wildman–Crippen LogP) is 2.56. The topological polar surface area (TPSA) is 55.8 Å². The molecule has 0 aliphatic heterocycles. The monoisotopic (exact) mass is 256 g/mol. The van der Waals surface area contributed by atoms with Crippen LogP contribution in [0.2, 0.25) is 0 Å². The Labute approximate surface area is 105 Å². The highest BCUT2D eigenvalue weighted by molar-refractivity contribution is 5.79. The Morgan fingerprint density at radius 3 is 2.61 bits per heavy atom. The molecule has 0 radical (unpaired) electrons. The van der Waals surface area contributed by atoms with E-state index in [4.69, 9.17) is 9.47 Å². The Morgan fingerprint density at radius 2 is 2.06 bits per heavy atom. The number of hydrogen-bond donors (Lipinski definition) is 1. The molecule has 0 aliphatic rings. The van der Waals surface area contributed by atoms with Crippen LogP contribution in [0.5, 0.6) is 11.5 Å². The van der Waals surface area contributed by atoms with E-state index in [0.717, 1.165) is 0 Å². The van der Waals surface area contributed by atoms with Crippen LogP contribution in [0.3, 0.4) is 0 Å². The maximum Gasteiger partial charge on any atom is 0.349 e. The maximum absolute atomic E-state index is 13.5. The van der Waals surface area contributed by atoms with Gasteiger partial charge in [-0.15, -0.1) is 0 Å². The van der Waals surface area contributed by atoms with Crippen LogP contribution in [0, 0.1) is 12.7 Å². The quantitative estimate of drug-likeness (QED) is 0.841. The second kappa shape index (κ2) is 5.25. The molecule has 0 saturated heterocycles. The maximum atomic E-state index is 13.5. The molecule has 0 spiro atoms. The summed E-state index contributed by atoms with van der Waals surface area (Å²) < 4.78 is 23.8. The SMILES string of the molecule is CCOC(=O)C(C)(C)Oc1ccc(O)c(F)c1C.